The van der Waals surface area contributed by atoms with Crippen molar-refractivity contribution < 1.29 is 14.3 Å². The minimum Gasteiger partial charge on any atom is -0.495 e. The van der Waals surface area contributed by atoms with E-state index in [0.29, 0.717) is 17.0 Å². The molecule has 9 nitrogen and oxygen atoms in total. The average Bonchev–Trinajstić information content (AvgIpc) is 3.09. The molecule has 0 radical (unpaired) electrons. The van der Waals surface area contributed by atoms with Crippen molar-refractivity contribution in [2.45, 2.75) is 19.9 Å². The van der Waals surface area contributed by atoms with Crippen LogP contribution in [0.15, 0.2) is 103 Å². The summed E-state index contributed by atoms with van der Waals surface area (Å²) in [6, 6.07) is 29.4. The molecule has 0 spiro atoms. The van der Waals surface area contributed by atoms with Crippen LogP contribution in [0.4, 0.5) is 17.1 Å². The van der Waals surface area contributed by atoms with Gasteiger partial charge in [-0.25, -0.2) is 0 Å². The van der Waals surface area contributed by atoms with Crippen LogP contribution < -0.4 is 19.9 Å². The number of benzene rings is 3. The maximum atomic E-state index is 13.0. The van der Waals surface area contributed by atoms with Gasteiger partial charge >= 0.3 is 0 Å². The second kappa shape index (κ2) is 15.8. The molecular weight excluding hydrogens is 588 g/mol. The number of fused-ring (bicyclic) bond motifs is 1. The number of pyridine rings is 2. The second-order valence-corrected chi connectivity index (χ2v) is 11.7. The van der Waals surface area contributed by atoms with Gasteiger partial charge in [0, 0.05) is 87.8 Å². The van der Waals surface area contributed by atoms with Gasteiger partial charge in [-0.05, 0) is 72.3 Å². The Morgan fingerprint density at radius 1 is 0.766 bits per heavy atom. The van der Waals surface area contributed by atoms with E-state index in [1.54, 1.807) is 14.0 Å². The number of Topliss-reactive ketones (excluding diaryl/α,β-unsaturated/α-hetero) is 1. The summed E-state index contributed by atoms with van der Waals surface area (Å²) in [7, 11) is 5.58. The van der Waals surface area contributed by atoms with Gasteiger partial charge in [0.2, 0.25) is 5.91 Å². The van der Waals surface area contributed by atoms with Crippen molar-refractivity contribution in [3.8, 4) is 5.75 Å². The van der Waals surface area contributed by atoms with Gasteiger partial charge in [0.1, 0.15) is 5.75 Å². The van der Waals surface area contributed by atoms with Gasteiger partial charge in [-0.2, -0.15) is 0 Å². The Balaban J connectivity index is 1.19. The monoisotopic (exact) mass is 630 g/mol. The van der Waals surface area contributed by atoms with Gasteiger partial charge in [0.15, 0.2) is 5.78 Å². The zero-order chi connectivity index (χ0) is 33.2. The van der Waals surface area contributed by atoms with Crippen molar-refractivity contribution in [2.24, 2.45) is 0 Å². The molecule has 0 saturated heterocycles. The molecule has 242 valence electrons. The standard InChI is InChI=1S/C38H42N6O3/c1-28(45)29-11-12-31-24-35(15-13-30(31)23-29)43(3)27-38(46)41-33-14-16-36(37(25-33)47-4)42(2)21-22-44(26-34-10-6-8-19-40-34)20-17-32-9-5-7-18-39-32/h5-16,18-19,23-25H,17,20-22,26-27H2,1-4H3,(H,41,46). The number of aromatic nitrogens is 2. The van der Waals surface area contributed by atoms with Crippen LogP contribution in [-0.2, 0) is 17.8 Å². The van der Waals surface area contributed by atoms with E-state index in [1.807, 2.05) is 110 Å². The minimum atomic E-state index is -0.138. The maximum Gasteiger partial charge on any atom is 0.243 e. The first kappa shape index (κ1) is 33.1. The third-order valence-corrected chi connectivity index (χ3v) is 8.20. The van der Waals surface area contributed by atoms with Crippen molar-refractivity contribution in [1.82, 2.24) is 14.9 Å². The Labute approximate surface area is 276 Å². The Morgan fingerprint density at radius 2 is 1.49 bits per heavy atom. The number of nitrogens with zero attached hydrogens (tertiary/aromatic N) is 5. The number of rotatable bonds is 15. The Bertz CT molecular complexity index is 1800. The third-order valence-electron chi connectivity index (χ3n) is 8.20. The first-order valence-electron chi connectivity index (χ1n) is 15.8. The number of hydrogen-bond donors (Lipinski definition) is 1. The zero-order valence-electron chi connectivity index (χ0n) is 27.5. The summed E-state index contributed by atoms with van der Waals surface area (Å²) in [4.78, 5) is 40.3. The molecule has 0 aliphatic carbocycles. The topological polar surface area (TPSA) is 90.9 Å². The van der Waals surface area contributed by atoms with E-state index in [2.05, 4.69) is 37.2 Å². The van der Waals surface area contributed by atoms with Gasteiger partial charge in [0.05, 0.1) is 25.0 Å². The summed E-state index contributed by atoms with van der Waals surface area (Å²) < 4.78 is 5.75. The molecular formula is C38H42N6O3. The third kappa shape index (κ3) is 9.14. The van der Waals surface area contributed by atoms with Crippen LogP contribution in [-0.4, -0.2) is 73.9 Å². The molecule has 47 heavy (non-hydrogen) atoms. The highest BCUT2D eigenvalue weighted by Crippen LogP contribution is 2.31. The van der Waals surface area contributed by atoms with E-state index in [-0.39, 0.29) is 18.2 Å². The summed E-state index contributed by atoms with van der Waals surface area (Å²) in [5.74, 6) is 0.584. The summed E-state index contributed by atoms with van der Waals surface area (Å²) in [6.45, 7) is 4.93. The lowest BCUT2D eigenvalue weighted by atomic mass is 10.0. The first-order chi connectivity index (χ1) is 22.8. The van der Waals surface area contributed by atoms with Crippen LogP contribution in [0.25, 0.3) is 10.8 Å². The highest BCUT2D eigenvalue weighted by Gasteiger charge is 2.15. The van der Waals surface area contributed by atoms with E-state index in [9.17, 15) is 9.59 Å². The van der Waals surface area contributed by atoms with E-state index in [4.69, 9.17) is 4.74 Å². The van der Waals surface area contributed by atoms with Gasteiger partial charge in [-0.3, -0.25) is 24.5 Å². The number of anilines is 3. The lowest BCUT2D eigenvalue weighted by molar-refractivity contribution is -0.114. The van der Waals surface area contributed by atoms with Crippen molar-refractivity contribution in [3.63, 3.8) is 0 Å². The smallest absolute Gasteiger partial charge is 0.243 e. The molecule has 0 atom stereocenters. The number of hydrogen-bond acceptors (Lipinski definition) is 8. The fourth-order valence-corrected chi connectivity index (χ4v) is 5.49. The number of ketones is 1. The number of carbonyl (C=O) groups is 2. The number of nitrogens with one attached hydrogen (secondary N) is 1. The molecule has 0 aliphatic heterocycles. The minimum absolute atomic E-state index is 0.0387. The van der Waals surface area contributed by atoms with Crippen molar-refractivity contribution >= 4 is 39.5 Å². The molecule has 1 amide bonds. The predicted molar refractivity (Wildman–Crippen MR) is 190 cm³/mol. The average molecular weight is 631 g/mol. The molecule has 5 rings (SSSR count). The van der Waals surface area contributed by atoms with Crippen LogP contribution in [0.1, 0.15) is 28.7 Å². The van der Waals surface area contributed by atoms with Gasteiger partial charge < -0.3 is 19.9 Å². The molecule has 3 aromatic carbocycles. The summed E-state index contributed by atoms with van der Waals surface area (Å²) in [5, 5.41) is 5.01. The number of ether oxygens (including phenoxy) is 1. The highest BCUT2D eigenvalue weighted by atomic mass is 16.5. The number of amides is 1. The summed E-state index contributed by atoms with van der Waals surface area (Å²) >= 11 is 0. The van der Waals surface area contributed by atoms with Crippen molar-refractivity contribution in [2.75, 3.05) is 62.5 Å². The van der Waals surface area contributed by atoms with Crippen LogP contribution in [0.2, 0.25) is 0 Å². The molecule has 0 saturated carbocycles. The molecule has 2 aromatic heterocycles. The van der Waals surface area contributed by atoms with Crippen LogP contribution in [0.5, 0.6) is 5.75 Å². The lowest BCUT2D eigenvalue weighted by Crippen LogP contribution is -2.34. The highest BCUT2D eigenvalue weighted by molar-refractivity contribution is 5.99. The van der Waals surface area contributed by atoms with Gasteiger partial charge in [-0.1, -0.05) is 30.3 Å². The molecule has 0 unspecified atom stereocenters. The Morgan fingerprint density at radius 3 is 2.19 bits per heavy atom. The van der Waals surface area contributed by atoms with Crippen molar-refractivity contribution in [1.29, 1.82) is 0 Å². The SMILES string of the molecule is COc1cc(NC(=O)CN(C)c2ccc3cc(C(C)=O)ccc3c2)ccc1N(C)CCN(CCc1ccccn1)Cc1ccccn1. The van der Waals surface area contributed by atoms with Crippen molar-refractivity contribution in [3.05, 3.63) is 120 Å². The van der Waals surface area contributed by atoms with Gasteiger partial charge in [0.25, 0.3) is 0 Å². The summed E-state index contributed by atoms with van der Waals surface area (Å²) in [5.41, 5.74) is 5.30. The van der Waals surface area contributed by atoms with E-state index in [1.165, 1.54) is 0 Å². The largest absolute Gasteiger partial charge is 0.495 e. The normalized spacial score (nSPS) is 11.0. The van der Waals surface area contributed by atoms with Crippen LogP contribution >= 0.6 is 0 Å². The molecule has 9 heteroatoms. The van der Waals surface area contributed by atoms with E-state index in [0.717, 1.165) is 66.1 Å². The van der Waals surface area contributed by atoms with E-state index < -0.39 is 0 Å². The van der Waals surface area contributed by atoms with Crippen LogP contribution in [0.3, 0.4) is 0 Å². The first-order valence-corrected chi connectivity index (χ1v) is 15.8. The Hall–Kier alpha value is -5.28. The molecule has 0 aliphatic rings. The second-order valence-electron chi connectivity index (χ2n) is 11.7. The maximum absolute atomic E-state index is 13.0. The number of methoxy groups -OCH3 is 1. The van der Waals surface area contributed by atoms with E-state index >= 15 is 0 Å². The van der Waals surface area contributed by atoms with Crippen LogP contribution in [0, 0.1) is 0 Å². The molecule has 5 aromatic rings. The number of carbonyl (C=O) groups excluding carboxylic acids is 2. The molecule has 1 N–H and O–H groups in total. The fraction of sp³-hybridized carbons (Fsp3) is 0.263. The lowest BCUT2D eigenvalue weighted by Gasteiger charge is -2.27. The quantitative estimate of drug-likeness (QED) is 0.139. The fourth-order valence-electron chi connectivity index (χ4n) is 5.49. The molecule has 0 bridgehead atoms. The predicted octanol–water partition coefficient (Wildman–Crippen LogP) is 6.10. The molecule has 2 heterocycles. The number of likely N-dealkylation sites (N-methyl/N-ethyl adjacent to an activating group) is 2. The van der Waals surface area contributed by atoms with Gasteiger partial charge in [-0.15, -0.1) is 0 Å². The summed E-state index contributed by atoms with van der Waals surface area (Å²) in [6.07, 6.45) is 4.52. The zero-order valence-corrected chi connectivity index (χ0v) is 27.5. The molecule has 0 fully saturated rings. The Kier molecular flexibility index (Phi) is 11.1.